The van der Waals surface area contributed by atoms with Gasteiger partial charge in [-0.25, -0.2) is 0 Å². The molecule has 0 N–H and O–H groups in total. The van der Waals surface area contributed by atoms with Gasteiger partial charge in [0.1, 0.15) is 0 Å². The van der Waals surface area contributed by atoms with Gasteiger partial charge in [0.2, 0.25) is 11.8 Å². The third-order valence-corrected chi connectivity index (χ3v) is 10.2. The van der Waals surface area contributed by atoms with E-state index in [1.54, 1.807) is 0 Å². The van der Waals surface area contributed by atoms with E-state index in [1.165, 1.54) is 0 Å². The number of nitrogens with zero attached hydrogens (tertiary/aromatic N) is 2. The van der Waals surface area contributed by atoms with Crippen LogP contribution >= 0.6 is 15.9 Å². The zero-order valence-electron chi connectivity index (χ0n) is 29.6. The van der Waals surface area contributed by atoms with Crippen molar-refractivity contribution in [1.82, 2.24) is 0 Å². The third kappa shape index (κ3) is 11.2. The van der Waals surface area contributed by atoms with Crippen molar-refractivity contribution in [2.75, 3.05) is 22.9 Å². The number of hydrogen-bond acceptors (Lipinski definition) is 4. The molecule has 0 bridgehead atoms. The highest BCUT2D eigenvalue weighted by Crippen LogP contribution is 2.36. The summed E-state index contributed by atoms with van der Waals surface area (Å²) >= 11 is 3.37. The maximum atomic E-state index is 11.8. The Morgan fingerprint density at radius 1 is 0.620 bits per heavy atom. The van der Waals surface area contributed by atoms with Gasteiger partial charge in [-0.2, -0.15) is 0 Å². The Kier molecular flexibility index (Phi) is 16.3. The van der Waals surface area contributed by atoms with Crippen LogP contribution in [0.2, 0.25) is 0 Å². The highest BCUT2D eigenvalue weighted by Gasteiger charge is 2.51. The fourth-order valence-corrected chi connectivity index (χ4v) is 6.31. The van der Waals surface area contributed by atoms with Gasteiger partial charge in [-0.1, -0.05) is 28.1 Å². The molecule has 0 unspecified atom stereocenters. The number of halogens is 1. The van der Waals surface area contributed by atoms with Gasteiger partial charge in [0.15, 0.2) is 0 Å². The lowest BCUT2D eigenvalue weighted by Gasteiger charge is -2.37. The van der Waals surface area contributed by atoms with Crippen molar-refractivity contribution in [3.05, 3.63) is 53.0 Å². The summed E-state index contributed by atoms with van der Waals surface area (Å²) in [5.74, 6) is 0.445. The second-order valence-electron chi connectivity index (χ2n) is 14.0. The Balaban J connectivity index is 0.000000210. The molecule has 3 saturated heterocycles. The molecule has 0 atom stereocenters. The molecule has 0 saturated carbocycles. The van der Waals surface area contributed by atoms with Crippen molar-refractivity contribution < 1.29 is 18.9 Å². The van der Waals surface area contributed by atoms with Crippen LogP contribution in [0.3, 0.4) is 0 Å². The molecule has 0 aliphatic carbocycles. The number of hydrogen-bond donors (Lipinski definition) is 0. The highest BCUT2D eigenvalue weighted by atomic mass is 79.9. The van der Waals surface area contributed by atoms with Gasteiger partial charge < -0.3 is 19.1 Å². The quantitative estimate of drug-likeness (QED) is 0.303. The lowest BCUT2D eigenvalue weighted by molar-refractivity contribution is -0.117. The number of amides is 2. The lowest BCUT2D eigenvalue weighted by atomic mass is 8.44. The molecule has 0 aromatic heterocycles. The Morgan fingerprint density at radius 2 is 1.00 bits per heavy atom. The van der Waals surface area contributed by atoms with E-state index in [2.05, 4.69) is 15.9 Å². The van der Waals surface area contributed by atoms with Crippen molar-refractivity contribution in [3.63, 3.8) is 0 Å². The monoisotopic (exact) mass is 702 g/mol. The van der Waals surface area contributed by atoms with E-state index in [0.29, 0.717) is 12.8 Å². The summed E-state index contributed by atoms with van der Waals surface area (Å²) in [6.07, 6.45) is -1.76. The van der Waals surface area contributed by atoms with E-state index >= 15 is 0 Å². The van der Waals surface area contributed by atoms with Gasteiger partial charge in [0.25, 0.3) is 0 Å². The summed E-state index contributed by atoms with van der Waals surface area (Å²) < 4.78 is 13.1. The third-order valence-electron chi connectivity index (χ3n) is 9.68. The zero-order chi connectivity index (χ0) is 37.6. The Bertz CT molecular complexity index is 1380. The van der Waals surface area contributed by atoms with E-state index in [-0.39, 0.29) is 30.1 Å². The first-order chi connectivity index (χ1) is 23.3. The van der Waals surface area contributed by atoms with Crippen molar-refractivity contribution in [2.24, 2.45) is 0 Å². The minimum atomic E-state index is -0.807. The molecule has 3 aliphatic heterocycles. The van der Waals surface area contributed by atoms with Crippen molar-refractivity contribution in [2.45, 2.75) is 64.6 Å². The van der Waals surface area contributed by atoms with E-state index in [0.717, 1.165) is 47.2 Å². The minimum absolute atomic E-state index is 0.207. The van der Waals surface area contributed by atoms with Gasteiger partial charge in [-0.05, 0) is 82.4 Å². The number of carbonyl (C=O) groups excluding carboxylic acids is 2. The molecule has 228 valence electrons. The summed E-state index contributed by atoms with van der Waals surface area (Å²) in [6, 6.07) is 15.8. The normalized spacial score (nSPS) is 17.3. The molecule has 2 amide bonds. The number of anilines is 2. The fourth-order valence-electron chi connectivity index (χ4n) is 6.05. The number of carbonyl (C=O) groups is 2. The van der Waals surface area contributed by atoms with E-state index in [1.807, 2.05) is 86.0 Å². The predicted molar refractivity (Wildman–Crippen MR) is 232 cm³/mol. The summed E-state index contributed by atoms with van der Waals surface area (Å²) in [4.78, 5) is 26.8. The smallest absolute Gasteiger partial charge is 0.399 e. The minimum Gasteiger partial charge on any atom is -0.399 e. The first-order valence-electron chi connectivity index (χ1n) is 16.9. The van der Waals surface area contributed by atoms with Crippen LogP contribution in [-0.4, -0.2) is 158 Å². The second-order valence-corrected chi connectivity index (χ2v) is 14.9. The van der Waals surface area contributed by atoms with Crippen LogP contribution in [0.4, 0.5) is 11.4 Å². The summed E-state index contributed by atoms with van der Waals surface area (Å²) in [5.41, 5.74) is 2.29. The first kappa shape index (κ1) is 43.3. The second kappa shape index (κ2) is 18.8. The summed E-state index contributed by atoms with van der Waals surface area (Å²) in [5, 5.41) is 0. The van der Waals surface area contributed by atoms with Crippen LogP contribution in [0.5, 0.6) is 0 Å². The van der Waals surface area contributed by atoms with Gasteiger partial charge in [0, 0.05) is 156 Å². The molecule has 2 aromatic rings. The topological polar surface area (TPSA) is 59.1 Å². The lowest BCUT2D eigenvalue weighted by Crippen LogP contribution is -2.75. The largest absolute Gasteiger partial charge is 0.494 e. The number of benzene rings is 2. The predicted octanol–water partition coefficient (Wildman–Crippen LogP) is -1.40. The molecule has 3 fully saturated rings. The molecule has 24 heteroatoms. The molecular weight excluding hydrogens is 668 g/mol. The Hall–Kier alpha value is -1.12. The first-order valence-corrected chi connectivity index (χ1v) is 17.7. The highest BCUT2D eigenvalue weighted by molar-refractivity contribution is 9.10. The van der Waals surface area contributed by atoms with Gasteiger partial charge in [-0.3, -0.25) is 9.59 Å². The van der Waals surface area contributed by atoms with E-state index in [4.69, 9.17) is 78.9 Å². The maximum Gasteiger partial charge on any atom is 0.494 e. The molecule has 3 heterocycles. The van der Waals surface area contributed by atoms with E-state index < -0.39 is 44.7 Å². The summed E-state index contributed by atoms with van der Waals surface area (Å²) in [6.45, 7) is 9.86. The molecular formula is C26H32B17BrN2O4. The van der Waals surface area contributed by atoms with Crippen LogP contribution in [-0.2, 0) is 18.9 Å². The van der Waals surface area contributed by atoms with Crippen LogP contribution < -0.4 is 15.3 Å². The standard InChI is InChI=1S/C16H22BNO3.C10H10BrNO.B16/c1-15(2)16(3,4)21-17(20-15)12-7-9-13(10-8-12)18-11-5-6-14(18)19;11-8-3-5-9(6-4-8)12-7-1-2-10(12)13;1-10(2)14(9)16(13(7)8)15(11(3)4)12(5)6/h7-10H,5-6,11H2,1-4H3;3-6H,1-2,7H2;. The van der Waals surface area contributed by atoms with Crippen LogP contribution in [0, 0.1) is 0 Å². The van der Waals surface area contributed by atoms with Crippen LogP contribution in [0.25, 0.3) is 0 Å². The maximum absolute atomic E-state index is 11.8. The van der Waals surface area contributed by atoms with Crippen molar-refractivity contribution in [3.8, 4) is 0 Å². The van der Waals surface area contributed by atoms with Gasteiger partial charge in [-0.15, -0.1) is 0 Å². The van der Waals surface area contributed by atoms with Gasteiger partial charge in [0.05, 0.1) is 11.2 Å². The van der Waals surface area contributed by atoms with Crippen LogP contribution in [0.1, 0.15) is 53.4 Å². The van der Waals surface area contributed by atoms with Crippen molar-refractivity contribution >= 4 is 166 Å². The zero-order valence-corrected chi connectivity index (χ0v) is 31.2. The molecule has 5 rings (SSSR count). The molecule has 0 spiro atoms. The van der Waals surface area contributed by atoms with Gasteiger partial charge >= 0.3 is 7.12 Å². The molecule has 3 aliphatic rings. The molecule has 6 nitrogen and oxygen atoms in total. The Labute approximate surface area is 323 Å². The molecule has 2 aromatic carbocycles. The Morgan fingerprint density at radius 3 is 1.32 bits per heavy atom. The number of rotatable bonds is 9. The molecule has 50 heavy (non-hydrogen) atoms. The van der Waals surface area contributed by atoms with E-state index in [9.17, 15) is 9.59 Å². The average Bonchev–Trinajstić information content (AvgIpc) is 3.72. The average molecular weight is 700 g/mol. The van der Waals surface area contributed by atoms with Crippen LogP contribution in [0.15, 0.2) is 53.0 Å². The summed E-state index contributed by atoms with van der Waals surface area (Å²) in [7, 11) is 50.0. The molecule has 18 radical (unpaired) electrons. The van der Waals surface area contributed by atoms with Crippen molar-refractivity contribution in [1.29, 1.82) is 0 Å². The fraction of sp³-hybridized carbons (Fsp3) is 0.462. The SMILES string of the molecule is CC1(C)OB(c2ccc(N3CCCC3=O)cc2)OC1(C)C.O=C1CCCN1c1ccc(Br)cc1.[B]B([B])B([B])B(B([B])[B])B(B([B])[B])B([B])[B].